The minimum absolute atomic E-state index is 0.863. The fourth-order valence-corrected chi connectivity index (χ4v) is 1.84. The molecule has 1 aliphatic rings. The molecule has 0 radical (unpaired) electrons. The second-order valence-electron chi connectivity index (χ2n) is 3.25. The Morgan fingerprint density at radius 3 is 3.08 bits per heavy atom. The molecular formula is C9H13N3. The molecule has 0 unspecified atom stereocenters. The van der Waals surface area contributed by atoms with Gasteiger partial charge in [0.25, 0.3) is 0 Å². The highest BCUT2D eigenvalue weighted by molar-refractivity contribution is 5.50. The monoisotopic (exact) mass is 163 g/mol. The van der Waals surface area contributed by atoms with Crippen LogP contribution in [0.2, 0.25) is 0 Å². The van der Waals surface area contributed by atoms with E-state index in [1.54, 1.807) is 0 Å². The van der Waals surface area contributed by atoms with Gasteiger partial charge in [-0.05, 0) is 43.4 Å². The van der Waals surface area contributed by atoms with Crippen LogP contribution >= 0.6 is 0 Å². The number of nitrogens with zero attached hydrogens (tertiary/aromatic N) is 1. The van der Waals surface area contributed by atoms with E-state index in [4.69, 9.17) is 5.84 Å². The summed E-state index contributed by atoms with van der Waals surface area (Å²) in [5, 5.41) is 0. The summed E-state index contributed by atoms with van der Waals surface area (Å²) in [6, 6.07) is 2.16. The molecule has 0 spiro atoms. The summed E-state index contributed by atoms with van der Waals surface area (Å²) in [5.74, 6) is 6.24. The van der Waals surface area contributed by atoms with Gasteiger partial charge >= 0.3 is 0 Å². The molecule has 3 N–H and O–H groups in total. The van der Waals surface area contributed by atoms with Crippen LogP contribution < -0.4 is 11.3 Å². The Labute approximate surface area is 72.0 Å². The zero-order chi connectivity index (χ0) is 8.55. The fourth-order valence-electron chi connectivity index (χ4n) is 1.84. The van der Waals surface area contributed by atoms with Crippen molar-refractivity contribution in [1.29, 1.82) is 0 Å². The lowest BCUT2D eigenvalue weighted by molar-refractivity contribution is 0.911. The molecule has 64 valence electrons. The minimum Gasteiger partial charge on any atom is -0.308 e. The third-order valence-corrected chi connectivity index (χ3v) is 2.35. The average Bonchev–Trinajstić information content (AvgIpc) is 2.50. The van der Waals surface area contributed by atoms with Crippen molar-refractivity contribution in [2.24, 2.45) is 5.84 Å². The van der Waals surface area contributed by atoms with Crippen molar-refractivity contribution in [3.05, 3.63) is 22.9 Å². The van der Waals surface area contributed by atoms with E-state index in [1.165, 1.54) is 24.0 Å². The van der Waals surface area contributed by atoms with Gasteiger partial charge in [-0.1, -0.05) is 0 Å². The van der Waals surface area contributed by atoms with E-state index in [-0.39, 0.29) is 0 Å². The highest BCUT2D eigenvalue weighted by atomic mass is 15.2. The predicted octanol–water partition coefficient (Wildman–Crippen LogP) is 1.16. The molecule has 0 bridgehead atoms. The maximum absolute atomic E-state index is 5.38. The van der Waals surface area contributed by atoms with Crippen LogP contribution in [0.3, 0.4) is 0 Å². The first-order valence-electron chi connectivity index (χ1n) is 4.27. The standard InChI is InChI=1S/C9H13N3/c1-6-5-7-3-2-4-8(7)9(11-6)12-10/h5H,2-4,10H2,1H3,(H,11,12). The number of hydrogen-bond donors (Lipinski definition) is 2. The zero-order valence-electron chi connectivity index (χ0n) is 7.22. The molecule has 3 heteroatoms. The molecule has 12 heavy (non-hydrogen) atoms. The zero-order valence-corrected chi connectivity index (χ0v) is 7.22. The minimum atomic E-state index is 0.863. The van der Waals surface area contributed by atoms with Crippen LogP contribution in [0.1, 0.15) is 23.2 Å². The highest BCUT2D eigenvalue weighted by Gasteiger charge is 2.15. The predicted molar refractivity (Wildman–Crippen MR) is 48.8 cm³/mol. The molecule has 0 aliphatic heterocycles. The molecule has 0 amide bonds. The van der Waals surface area contributed by atoms with Crippen LogP contribution in [-0.2, 0) is 12.8 Å². The van der Waals surface area contributed by atoms with E-state index in [9.17, 15) is 0 Å². The Morgan fingerprint density at radius 2 is 2.33 bits per heavy atom. The lowest BCUT2D eigenvalue weighted by Crippen LogP contribution is -2.11. The maximum Gasteiger partial charge on any atom is 0.143 e. The number of nitrogen functional groups attached to an aromatic ring is 1. The van der Waals surface area contributed by atoms with Gasteiger partial charge < -0.3 is 5.43 Å². The van der Waals surface area contributed by atoms with Crippen LogP contribution in [0.5, 0.6) is 0 Å². The number of nitrogens with two attached hydrogens (primary N) is 1. The molecule has 0 saturated heterocycles. The summed E-state index contributed by atoms with van der Waals surface area (Å²) in [5.41, 5.74) is 6.42. The van der Waals surface area contributed by atoms with E-state index in [0.29, 0.717) is 0 Å². The summed E-state index contributed by atoms with van der Waals surface area (Å²) in [4.78, 5) is 4.33. The van der Waals surface area contributed by atoms with Gasteiger partial charge in [0.05, 0.1) is 0 Å². The third-order valence-electron chi connectivity index (χ3n) is 2.35. The first-order chi connectivity index (χ1) is 5.81. The second-order valence-corrected chi connectivity index (χ2v) is 3.25. The summed E-state index contributed by atoms with van der Waals surface area (Å²) in [6.45, 7) is 2.00. The number of fused-ring (bicyclic) bond motifs is 1. The molecule has 3 nitrogen and oxygen atoms in total. The van der Waals surface area contributed by atoms with Crippen LogP contribution in [0, 0.1) is 6.92 Å². The van der Waals surface area contributed by atoms with Gasteiger partial charge in [0.15, 0.2) is 0 Å². The Morgan fingerprint density at radius 1 is 1.50 bits per heavy atom. The second kappa shape index (κ2) is 2.75. The summed E-state index contributed by atoms with van der Waals surface area (Å²) >= 11 is 0. The van der Waals surface area contributed by atoms with Crippen LogP contribution in [0.25, 0.3) is 0 Å². The first-order valence-corrected chi connectivity index (χ1v) is 4.27. The number of anilines is 1. The Bertz CT molecular complexity index is 307. The van der Waals surface area contributed by atoms with E-state index >= 15 is 0 Å². The molecule has 0 aromatic carbocycles. The average molecular weight is 163 g/mol. The Kier molecular flexibility index (Phi) is 1.73. The molecule has 1 heterocycles. The number of pyridine rings is 1. The number of aromatic nitrogens is 1. The van der Waals surface area contributed by atoms with E-state index in [1.807, 2.05) is 6.92 Å². The van der Waals surface area contributed by atoms with Gasteiger partial charge in [0.2, 0.25) is 0 Å². The number of hydrogen-bond acceptors (Lipinski definition) is 3. The van der Waals surface area contributed by atoms with Crippen LogP contribution in [0.4, 0.5) is 5.82 Å². The van der Waals surface area contributed by atoms with Crippen molar-refractivity contribution in [3.63, 3.8) is 0 Å². The number of nitrogens with one attached hydrogen (secondary N) is 1. The summed E-state index contributed by atoms with van der Waals surface area (Å²) in [7, 11) is 0. The molecule has 1 aromatic rings. The quantitative estimate of drug-likeness (QED) is 0.482. The topological polar surface area (TPSA) is 50.9 Å². The number of aryl methyl sites for hydroxylation is 2. The van der Waals surface area contributed by atoms with Crippen molar-refractivity contribution in [1.82, 2.24) is 4.98 Å². The van der Waals surface area contributed by atoms with Gasteiger partial charge in [-0.15, -0.1) is 0 Å². The largest absolute Gasteiger partial charge is 0.308 e. The van der Waals surface area contributed by atoms with Gasteiger partial charge in [-0.3, -0.25) is 0 Å². The Hall–Kier alpha value is -1.09. The normalized spacial score (nSPS) is 14.5. The number of hydrazine groups is 1. The molecular weight excluding hydrogens is 150 g/mol. The first kappa shape index (κ1) is 7.55. The van der Waals surface area contributed by atoms with E-state index in [2.05, 4.69) is 16.5 Å². The van der Waals surface area contributed by atoms with E-state index < -0.39 is 0 Å². The summed E-state index contributed by atoms with van der Waals surface area (Å²) in [6.07, 6.45) is 3.52. The molecule has 2 rings (SSSR count). The highest BCUT2D eigenvalue weighted by Crippen LogP contribution is 2.27. The molecule has 1 aliphatic carbocycles. The Balaban J connectivity index is 2.55. The third kappa shape index (κ3) is 1.06. The number of rotatable bonds is 1. The molecule has 1 aromatic heterocycles. The lowest BCUT2D eigenvalue weighted by atomic mass is 10.1. The van der Waals surface area contributed by atoms with Crippen LogP contribution in [0.15, 0.2) is 6.07 Å². The SMILES string of the molecule is Cc1cc2c(c(NN)n1)CCC2. The van der Waals surface area contributed by atoms with Crippen molar-refractivity contribution in [3.8, 4) is 0 Å². The maximum atomic E-state index is 5.38. The fraction of sp³-hybridized carbons (Fsp3) is 0.444. The lowest BCUT2D eigenvalue weighted by Gasteiger charge is -2.07. The van der Waals surface area contributed by atoms with Gasteiger partial charge in [0, 0.05) is 5.69 Å². The molecule has 0 fully saturated rings. The van der Waals surface area contributed by atoms with E-state index in [0.717, 1.165) is 17.9 Å². The van der Waals surface area contributed by atoms with Crippen molar-refractivity contribution in [2.75, 3.05) is 5.43 Å². The van der Waals surface area contributed by atoms with Crippen LogP contribution in [-0.4, -0.2) is 4.98 Å². The van der Waals surface area contributed by atoms with Gasteiger partial charge in [-0.25, -0.2) is 10.8 Å². The van der Waals surface area contributed by atoms with Crippen molar-refractivity contribution in [2.45, 2.75) is 26.2 Å². The van der Waals surface area contributed by atoms with Crippen molar-refractivity contribution >= 4 is 5.82 Å². The molecule has 0 atom stereocenters. The van der Waals surface area contributed by atoms with Gasteiger partial charge in [-0.2, -0.15) is 0 Å². The molecule has 0 saturated carbocycles. The summed E-state index contributed by atoms with van der Waals surface area (Å²) < 4.78 is 0. The van der Waals surface area contributed by atoms with Crippen molar-refractivity contribution < 1.29 is 0 Å². The smallest absolute Gasteiger partial charge is 0.143 e. The van der Waals surface area contributed by atoms with Gasteiger partial charge in [0.1, 0.15) is 5.82 Å².